The van der Waals surface area contributed by atoms with Crippen LogP contribution in [-0.2, 0) is 4.74 Å². The normalized spacial score (nSPS) is 14.5. The van der Waals surface area contributed by atoms with E-state index < -0.39 is 0 Å². The zero-order chi connectivity index (χ0) is 20.6. The SMILES string of the molecule is OCCCCOc1nc(NN=Cc2c[nH]c3ccccc23)cc(N2CCOCC2)n1. The Hall–Kier alpha value is -3.17. The van der Waals surface area contributed by atoms with Crippen molar-refractivity contribution in [2.75, 3.05) is 49.8 Å². The van der Waals surface area contributed by atoms with Crippen molar-refractivity contribution < 1.29 is 14.6 Å². The van der Waals surface area contributed by atoms with Crippen molar-refractivity contribution in [3.63, 3.8) is 0 Å². The van der Waals surface area contributed by atoms with Gasteiger partial charge in [0.05, 0.1) is 26.0 Å². The van der Waals surface area contributed by atoms with E-state index in [-0.39, 0.29) is 6.61 Å². The standard InChI is InChI=1S/C21H26N6O3/c28-9-3-4-10-30-21-24-19(13-20(25-21)27-7-11-29-12-8-27)26-23-15-16-14-22-18-6-2-1-5-17(16)18/h1-2,5-6,13-15,22,28H,3-4,7-12H2,(H,24,25,26). The number of anilines is 2. The fraction of sp³-hybridized carbons (Fsp3) is 0.381. The van der Waals surface area contributed by atoms with Gasteiger partial charge in [-0.25, -0.2) is 0 Å². The smallest absolute Gasteiger partial charge is 0.320 e. The van der Waals surface area contributed by atoms with E-state index in [9.17, 15) is 0 Å². The van der Waals surface area contributed by atoms with Crippen molar-refractivity contribution in [3.8, 4) is 6.01 Å². The van der Waals surface area contributed by atoms with Crippen LogP contribution in [0.15, 0.2) is 41.6 Å². The van der Waals surface area contributed by atoms with Crippen LogP contribution in [0, 0.1) is 0 Å². The van der Waals surface area contributed by atoms with Gasteiger partial charge in [0.15, 0.2) is 5.82 Å². The van der Waals surface area contributed by atoms with Crippen LogP contribution in [0.1, 0.15) is 18.4 Å². The number of aromatic amines is 1. The van der Waals surface area contributed by atoms with Crippen molar-refractivity contribution >= 4 is 28.8 Å². The van der Waals surface area contributed by atoms with Crippen LogP contribution in [0.2, 0.25) is 0 Å². The summed E-state index contributed by atoms with van der Waals surface area (Å²) in [5, 5.41) is 14.4. The van der Waals surface area contributed by atoms with Gasteiger partial charge in [0, 0.05) is 48.4 Å². The van der Waals surface area contributed by atoms with Crippen LogP contribution < -0.4 is 15.1 Å². The second-order valence-electron chi connectivity index (χ2n) is 6.93. The van der Waals surface area contributed by atoms with Crippen molar-refractivity contribution in [1.29, 1.82) is 0 Å². The topological polar surface area (TPSA) is 108 Å². The van der Waals surface area contributed by atoms with E-state index in [4.69, 9.17) is 14.6 Å². The molecule has 4 rings (SSSR count). The lowest BCUT2D eigenvalue weighted by Crippen LogP contribution is -2.36. The number of para-hydroxylation sites is 1. The second-order valence-corrected chi connectivity index (χ2v) is 6.93. The highest BCUT2D eigenvalue weighted by atomic mass is 16.5. The number of morpholine rings is 1. The molecule has 0 spiro atoms. The number of aliphatic hydroxyl groups excluding tert-OH is 1. The average Bonchev–Trinajstić information content (AvgIpc) is 3.20. The first-order valence-electron chi connectivity index (χ1n) is 10.1. The maximum Gasteiger partial charge on any atom is 0.320 e. The third-order valence-electron chi connectivity index (χ3n) is 4.81. The van der Waals surface area contributed by atoms with E-state index in [2.05, 4.69) is 30.4 Å². The molecule has 1 fully saturated rings. The van der Waals surface area contributed by atoms with E-state index in [1.165, 1.54) is 0 Å². The van der Waals surface area contributed by atoms with E-state index in [0.717, 1.165) is 41.8 Å². The molecule has 3 heterocycles. The predicted molar refractivity (Wildman–Crippen MR) is 116 cm³/mol. The third-order valence-corrected chi connectivity index (χ3v) is 4.81. The van der Waals surface area contributed by atoms with Crippen molar-refractivity contribution in [2.24, 2.45) is 5.10 Å². The second kappa shape index (κ2) is 10.0. The molecule has 0 atom stereocenters. The van der Waals surface area contributed by atoms with Crippen molar-refractivity contribution in [2.45, 2.75) is 12.8 Å². The molecule has 30 heavy (non-hydrogen) atoms. The summed E-state index contributed by atoms with van der Waals surface area (Å²) in [4.78, 5) is 14.3. The highest BCUT2D eigenvalue weighted by molar-refractivity contribution is 5.99. The lowest BCUT2D eigenvalue weighted by Gasteiger charge is -2.28. The first-order valence-corrected chi connectivity index (χ1v) is 10.1. The minimum atomic E-state index is 0.146. The van der Waals surface area contributed by atoms with Gasteiger partial charge in [0.1, 0.15) is 5.82 Å². The number of rotatable bonds is 9. The van der Waals surface area contributed by atoms with Gasteiger partial charge < -0.3 is 24.5 Å². The van der Waals surface area contributed by atoms with E-state index in [1.807, 2.05) is 36.5 Å². The van der Waals surface area contributed by atoms with Gasteiger partial charge in [-0.1, -0.05) is 18.2 Å². The molecule has 0 bridgehead atoms. The van der Waals surface area contributed by atoms with Gasteiger partial charge >= 0.3 is 6.01 Å². The van der Waals surface area contributed by atoms with Gasteiger partial charge in [-0.3, -0.25) is 5.43 Å². The molecule has 1 saturated heterocycles. The Balaban J connectivity index is 1.49. The molecule has 0 saturated carbocycles. The molecule has 9 nitrogen and oxygen atoms in total. The van der Waals surface area contributed by atoms with Crippen LogP contribution in [0.25, 0.3) is 10.9 Å². The molecule has 0 unspecified atom stereocenters. The lowest BCUT2D eigenvalue weighted by molar-refractivity contribution is 0.122. The van der Waals surface area contributed by atoms with Gasteiger partial charge in [-0.15, -0.1) is 0 Å². The summed E-state index contributed by atoms with van der Waals surface area (Å²) in [6, 6.07) is 10.2. The maximum absolute atomic E-state index is 8.93. The van der Waals surface area contributed by atoms with E-state index >= 15 is 0 Å². The maximum atomic E-state index is 8.93. The summed E-state index contributed by atoms with van der Waals surface area (Å²) in [5.74, 6) is 1.33. The molecule has 1 aromatic carbocycles. The number of unbranched alkanes of at least 4 members (excludes halogenated alkanes) is 1. The summed E-state index contributed by atoms with van der Waals surface area (Å²) in [5.41, 5.74) is 5.05. The van der Waals surface area contributed by atoms with Crippen LogP contribution in [0.3, 0.4) is 0 Å². The molecule has 9 heteroatoms. The molecule has 1 aliphatic rings. The number of aliphatic hydroxyl groups is 1. The number of hydrazone groups is 1. The summed E-state index contributed by atoms with van der Waals surface area (Å²) in [6.07, 6.45) is 5.11. The monoisotopic (exact) mass is 410 g/mol. The van der Waals surface area contributed by atoms with Crippen LogP contribution in [0.4, 0.5) is 11.6 Å². The Morgan fingerprint density at radius 2 is 2.10 bits per heavy atom. The Bertz CT molecular complexity index is 984. The molecule has 0 amide bonds. The number of nitrogens with one attached hydrogen (secondary N) is 2. The number of nitrogens with zero attached hydrogens (tertiary/aromatic N) is 4. The summed E-state index contributed by atoms with van der Waals surface area (Å²) in [6.45, 7) is 3.45. The highest BCUT2D eigenvalue weighted by Gasteiger charge is 2.15. The molecule has 0 radical (unpaired) electrons. The fourth-order valence-electron chi connectivity index (χ4n) is 3.24. The number of aromatic nitrogens is 3. The van der Waals surface area contributed by atoms with Crippen molar-refractivity contribution in [3.05, 3.63) is 42.1 Å². The Kier molecular flexibility index (Phi) is 6.73. The number of H-pyrrole nitrogens is 1. The lowest BCUT2D eigenvalue weighted by atomic mass is 10.2. The first-order chi connectivity index (χ1) is 14.8. The molecule has 158 valence electrons. The molecular weight excluding hydrogens is 384 g/mol. The Morgan fingerprint density at radius 1 is 1.23 bits per heavy atom. The summed E-state index contributed by atoms with van der Waals surface area (Å²) in [7, 11) is 0. The van der Waals surface area contributed by atoms with Gasteiger partial charge in [-0.2, -0.15) is 15.1 Å². The van der Waals surface area contributed by atoms with Gasteiger partial charge in [0.25, 0.3) is 0 Å². The third kappa shape index (κ3) is 5.05. The fourth-order valence-corrected chi connectivity index (χ4v) is 3.24. The molecule has 0 aliphatic carbocycles. The van der Waals surface area contributed by atoms with E-state index in [1.54, 1.807) is 6.21 Å². The van der Waals surface area contributed by atoms with Crippen LogP contribution >= 0.6 is 0 Å². The number of ether oxygens (including phenoxy) is 2. The molecule has 2 aromatic heterocycles. The molecular formula is C21H26N6O3. The summed E-state index contributed by atoms with van der Waals surface area (Å²) < 4.78 is 11.1. The quantitative estimate of drug-likeness (QED) is 0.282. The Labute approximate surface area is 174 Å². The number of hydrogen-bond acceptors (Lipinski definition) is 8. The van der Waals surface area contributed by atoms with Gasteiger partial charge in [0.2, 0.25) is 0 Å². The first kappa shape index (κ1) is 20.1. The average molecular weight is 410 g/mol. The van der Waals surface area contributed by atoms with Crippen LogP contribution in [-0.4, -0.2) is 65.8 Å². The van der Waals surface area contributed by atoms with E-state index in [0.29, 0.717) is 38.1 Å². The minimum Gasteiger partial charge on any atom is -0.463 e. The zero-order valence-electron chi connectivity index (χ0n) is 16.8. The number of hydrogen-bond donors (Lipinski definition) is 3. The minimum absolute atomic E-state index is 0.146. The van der Waals surface area contributed by atoms with Gasteiger partial charge in [-0.05, 0) is 18.9 Å². The molecule has 3 aromatic rings. The van der Waals surface area contributed by atoms with Crippen LogP contribution in [0.5, 0.6) is 6.01 Å². The Morgan fingerprint density at radius 3 is 2.97 bits per heavy atom. The number of benzene rings is 1. The summed E-state index contributed by atoms with van der Waals surface area (Å²) >= 11 is 0. The molecule has 1 aliphatic heterocycles. The zero-order valence-corrected chi connectivity index (χ0v) is 16.8. The highest BCUT2D eigenvalue weighted by Crippen LogP contribution is 2.21. The number of fused-ring (bicyclic) bond motifs is 1. The van der Waals surface area contributed by atoms with Crippen molar-refractivity contribution in [1.82, 2.24) is 15.0 Å². The molecule has 3 N–H and O–H groups in total. The largest absolute Gasteiger partial charge is 0.463 e. The predicted octanol–water partition coefficient (Wildman–Crippen LogP) is 2.39.